The van der Waals surface area contributed by atoms with Crippen LogP contribution in [0.15, 0.2) is 36.9 Å². The van der Waals surface area contributed by atoms with E-state index >= 15 is 0 Å². The molecule has 0 spiro atoms. The number of anilines is 1. The fraction of sp³-hybridized carbons (Fsp3) is 0.435. The van der Waals surface area contributed by atoms with Gasteiger partial charge in [-0.3, -0.25) is 9.88 Å². The van der Waals surface area contributed by atoms with Gasteiger partial charge in [0.2, 0.25) is 0 Å². The van der Waals surface area contributed by atoms with E-state index < -0.39 is 13.8 Å². The van der Waals surface area contributed by atoms with Crippen molar-refractivity contribution in [2.75, 3.05) is 18.7 Å². The molecular formula is C23H31ClN7O3PS. The zero-order valence-corrected chi connectivity index (χ0v) is 23.2. The molecule has 2 heterocycles. The van der Waals surface area contributed by atoms with Crippen LogP contribution in [-0.4, -0.2) is 55.1 Å². The van der Waals surface area contributed by atoms with Crippen molar-refractivity contribution in [3.8, 4) is 0 Å². The molecule has 2 aromatic heterocycles. The molecule has 2 atom stereocenters. The van der Waals surface area contributed by atoms with E-state index in [4.69, 9.17) is 39.0 Å². The normalized spacial score (nSPS) is 13.4. The SMILES string of the molecule is CCCOC(=O)C(C)(C)NP(CO[C@H](C)Cn1cnc2c(N)ncnc21)NC(=S)c1ccc(Cl)cc1. The molecule has 0 saturated carbocycles. The molecule has 0 amide bonds. The van der Waals surface area contributed by atoms with E-state index in [1.807, 2.05) is 30.5 Å². The number of fused-ring (bicyclic) bond motifs is 1. The number of halogens is 1. The van der Waals surface area contributed by atoms with E-state index in [0.29, 0.717) is 40.1 Å². The van der Waals surface area contributed by atoms with Crippen LogP contribution in [0.3, 0.4) is 0 Å². The van der Waals surface area contributed by atoms with Gasteiger partial charge in [0, 0.05) is 10.6 Å². The lowest BCUT2D eigenvalue weighted by Gasteiger charge is -2.31. The smallest absolute Gasteiger partial charge is 0.326 e. The summed E-state index contributed by atoms with van der Waals surface area (Å²) in [6, 6.07) is 7.23. The Labute approximate surface area is 222 Å². The zero-order valence-electron chi connectivity index (χ0n) is 20.7. The Kier molecular flexibility index (Phi) is 9.92. The lowest BCUT2D eigenvalue weighted by Crippen LogP contribution is -2.47. The first-order chi connectivity index (χ1) is 17.1. The molecule has 0 aliphatic carbocycles. The number of carbonyl (C=O) groups is 1. The number of rotatable bonds is 12. The first-order valence-corrected chi connectivity index (χ1v) is 13.7. The second kappa shape index (κ2) is 12.7. The zero-order chi connectivity index (χ0) is 26.3. The second-order valence-electron chi connectivity index (χ2n) is 8.68. The van der Waals surface area contributed by atoms with Gasteiger partial charge in [-0.1, -0.05) is 42.9 Å². The summed E-state index contributed by atoms with van der Waals surface area (Å²) >= 11 is 11.6. The molecule has 1 aromatic carbocycles. The number of nitrogens with one attached hydrogen (secondary N) is 2. The van der Waals surface area contributed by atoms with Crippen LogP contribution < -0.4 is 15.9 Å². The minimum atomic E-state index is -1.27. The van der Waals surface area contributed by atoms with Crippen LogP contribution in [0.2, 0.25) is 5.02 Å². The summed E-state index contributed by atoms with van der Waals surface area (Å²) in [7, 11) is -1.27. The maximum Gasteiger partial charge on any atom is 0.326 e. The van der Waals surface area contributed by atoms with Gasteiger partial charge in [0.05, 0.1) is 40.2 Å². The van der Waals surface area contributed by atoms with E-state index in [9.17, 15) is 4.79 Å². The van der Waals surface area contributed by atoms with Crippen molar-refractivity contribution in [2.45, 2.75) is 52.3 Å². The van der Waals surface area contributed by atoms with Crippen molar-refractivity contribution in [3.63, 3.8) is 0 Å². The highest BCUT2D eigenvalue weighted by Crippen LogP contribution is 2.31. The third-order valence-electron chi connectivity index (χ3n) is 5.08. The Morgan fingerprint density at radius 2 is 2.00 bits per heavy atom. The van der Waals surface area contributed by atoms with Crippen LogP contribution in [0.5, 0.6) is 0 Å². The highest BCUT2D eigenvalue weighted by molar-refractivity contribution is 7.81. The molecule has 0 bridgehead atoms. The number of hydrogen-bond acceptors (Lipinski definition) is 9. The molecule has 0 radical (unpaired) electrons. The minimum absolute atomic E-state index is 0.202. The molecule has 10 nitrogen and oxygen atoms in total. The summed E-state index contributed by atoms with van der Waals surface area (Å²) in [6.45, 7) is 8.31. The van der Waals surface area contributed by atoms with Gasteiger partial charge in [0.25, 0.3) is 0 Å². The summed E-state index contributed by atoms with van der Waals surface area (Å²) in [5.74, 6) is -0.0107. The van der Waals surface area contributed by atoms with Crippen molar-refractivity contribution >= 4 is 60.0 Å². The van der Waals surface area contributed by atoms with E-state index in [1.165, 1.54) is 6.33 Å². The third kappa shape index (κ3) is 7.54. The summed E-state index contributed by atoms with van der Waals surface area (Å²) in [5.41, 5.74) is 6.93. The fourth-order valence-corrected chi connectivity index (χ4v) is 5.52. The van der Waals surface area contributed by atoms with Crippen molar-refractivity contribution in [1.29, 1.82) is 0 Å². The largest absolute Gasteiger partial charge is 0.464 e. The Bertz CT molecular complexity index is 1190. The number of nitrogens with two attached hydrogens (primary N) is 1. The van der Waals surface area contributed by atoms with Crippen LogP contribution in [0, 0.1) is 0 Å². The maximum absolute atomic E-state index is 12.6. The predicted octanol–water partition coefficient (Wildman–Crippen LogP) is 4.02. The Balaban J connectivity index is 1.69. The number of hydrogen-bond donors (Lipinski definition) is 3. The number of ether oxygens (including phenoxy) is 2. The molecule has 0 saturated heterocycles. The van der Waals surface area contributed by atoms with Crippen molar-refractivity contribution in [1.82, 2.24) is 29.7 Å². The van der Waals surface area contributed by atoms with E-state index in [2.05, 4.69) is 25.1 Å². The molecule has 3 rings (SSSR count). The van der Waals surface area contributed by atoms with Crippen molar-refractivity contribution in [3.05, 3.63) is 47.5 Å². The third-order valence-corrected chi connectivity index (χ3v) is 7.55. The number of nitrogens with zero attached hydrogens (tertiary/aromatic N) is 4. The predicted molar refractivity (Wildman–Crippen MR) is 147 cm³/mol. The van der Waals surface area contributed by atoms with Gasteiger partial charge < -0.3 is 24.9 Å². The molecule has 0 fully saturated rings. The van der Waals surface area contributed by atoms with Gasteiger partial charge in [-0.25, -0.2) is 15.0 Å². The average Bonchev–Trinajstić information content (AvgIpc) is 3.25. The lowest BCUT2D eigenvalue weighted by atomic mass is 10.1. The monoisotopic (exact) mass is 551 g/mol. The molecule has 4 N–H and O–H groups in total. The Morgan fingerprint density at radius 1 is 1.28 bits per heavy atom. The van der Waals surface area contributed by atoms with Crippen LogP contribution >= 0.6 is 32.0 Å². The number of aromatic nitrogens is 4. The van der Waals surface area contributed by atoms with Gasteiger partial charge in [-0.15, -0.1) is 0 Å². The number of carbonyl (C=O) groups excluding carboxylic acids is 1. The molecule has 0 aliphatic rings. The summed E-state index contributed by atoms with van der Waals surface area (Å²) in [4.78, 5) is 25.7. The van der Waals surface area contributed by atoms with Gasteiger partial charge >= 0.3 is 5.97 Å². The summed E-state index contributed by atoms with van der Waals surface area (Å²) in [5, 5.41) is 7.30. The van der Waals surface area contributed by atoms with E-state index in [-0.39, 0.29) is 18.4 Å². The average molecular weight is 552 g/mol. The standard InChI is InChI=1S/C23H31ClN7O3PS/c1-5-10-33-22(32)23(3,4)30-35(29-21(36)16-6-8-17(24)9-7-16)14-34-15(2)11-31-13-28-18-19(25)26-12-27-20(18)31/h6-9,12-13,15,30H,5,10-11,14H2,1-4H3,(H,29,36)(H2,25,26,27)/t15-,35?/m1/s1. The maximum atomic E-state index is 12.6. The van der Waals surface area contributed by atoms with Crippen LogP contribution in [0.25, 0.3) is 11.2 Å². The molecule has 36 heavy (non-hydrogen) atoms. The Hall–Kier alpha value is -2.43. The number of nitrogen functional groups attached to an aromatic ring is 1. The molecule has 0 aliphatic heterocycles. The molecule has 3 aromatic rings. The minimum Gasteiger partial charge on any atom is -0.464 e. The molecular weight excluding hydrogens is 521 g/mol. The van der Waals surface area contributed by atoms with Crippen molar-refractivity contribution < 1.29 is 14.3 Å². The number of imidazole rings is 1. The number of esters is 1. The van der Waals surface area contributed by atoms with Gasteiger partial charge in [-0.2, -0.15) is 0 Å². The molecule has 194 valence electrons. The van der Waals surface area contributed by atoms with Crippen LogP contribution in [-0.2, 0) is 20.8 Å². The molecule has 1 unspecified atom stereocenters. The van der Waals surface area contributed by atoms with Crippen molar-refractivity contribution in [2.24, 2.45) is 0 Å². The summed E-state index contributed by atoms with van der Waals surface area (Å²) in [6.07, 6.45) is 3.89. The number of benzene rings is 1. The summed E-state index contributed by atoms with van der Waals surface area (Å²) < 4.78 is 13.4. The first kappa shape index (κ1) is 28.1. The van der Waals surface area contributed by atoms with Crippen LogP contribution in [0.4, 0.5) is 5.82 Å². The van der Waals surface area contributed by atoms with Gasteiger partial charge in [-0.05, 0) is 39.3 Å². The van der Waals surface area contributed by atoms with Gasteiger partial charge in [0.15, 0.2) is 11.5 Å². The second-order valence-corrected chi connectivity index (χ2v) is 11.1. The van der Waals surface area contributed by atoms with E-state index in [0.717, 1.165) is 12.0 Å². The molecule has 13 heteroatoms. The quantitative estimate of drug-likeness (QED) is 0.172. The Morgan fingerprint density at radius 3 is 2.69 bits per heavy atom. The van der Waals surface area contributed by atoms with E-state index in [1.54, 1.807) is 32.3 Å². The first-order valence-electron chi connectivity index (χ1n) is 11.4. The van der Waals surface area contributed by atoms with Crippen LogP contribution in [0.1, 0.15) is 39.7 Å². The lowest BCUT2D eigenvalue weighted by molar-refractivity contribution is -0.149. The fourth-order valence-electron chi connectivity index (χ4n) is 3.20. The topological polar surface area (TPSA) is 129 Å². The highest BCUT2D eigenvalue weighted by Gasteiger charge is 2.32. The number of thiocarbonyl (C=S) groups is 1. The van der Waals surface area contributed by atoms with Gasteiger partial charge in [0.1, 0.15) is 22.4 Å². The highest BCUT2D eigenvalue weighted by atomic mass is 35.5.